The van der Waals surface area contributed by atoms with E-state index in [-0.39, 0.29) is 12.0 Å². The number of hydrogen-bond donors (Lipinski definition) is 0. The summed E-state index contributed by atoms with van der Waals surface area (Å²) in [6.45, 7) is 3.73. The van der Waals surface area contributed by atoms with Crippen molar-refractivity contribution in [3.05, 3.63) is 23.0 Å². The van der Waals surface area contributed by atoms with Gasteiger partial charge in [0.2, 0.25) is 0 Å². The zero-order valence-corrected chi connectivity index (χ0v) is 11.1. The van der Waals surface area contributed by atoms with Crippen molar-refractivity contribution < 1.29 is 9.53 Å². The molecule has 1 saturated heterocycles. The molecule has 0 spiro atoms. The van der Waals surface area contributed by atoms with Gasteiger partial charge in [-0.25, -0.2) is 0 Å². The van der Waals surface area contributed by atoms with E-state index in [4.69, 9.17) is 16.3 Å². The Kier molecular flexibility index (Phi) is 4.49. The molecule has 0 amide bonds. The number of rotatable bonds is 4. The number of esters is 1. The summed E-state index contributed by atoms with van der Waals surface area (Å²) < 4.78 is 5.08. The Morgan fingerprint density at radius 1 is 1.56 bits per heavy atom. The topological polar surface area (TPSA) is 55.3 Å². The van der Waals surface area contributed by atoms with Gasteiger partial charge in [-0.15, -0.1) is 5.10 Å². The number of carbonyl (C=O) groups excluding carboxylic acids is 1. The second-order valence-corrected chi connectivity index (χ2v) is 4.62. The molecule has 0 aromatic carbocycles. The lowest BCUT2D eigenvalue weighted by Gasteiger charge is -2.21. The van der Waals surface area contributed by atoms with E-state index in [2.05, 4.69) is 15.1 Å². The van der Waals surface area contributed by atoms with Crippen molar-refractivity contribution in [3.63, 3.8) is 0 Å². The van der Waals surface area contributed by atoms with Gasteiger partial charge in [-0.2, -0.15) is 5.10 Å². The maximum atomic E-state index is 11.8. The highest BCUT2D eigenvalue weighted by molar-refractivity contribution is 6.29. The van der Waals surface area contributed by atoms with Gasteiger partial charge in [-0.05, 0) is 38.4 Å². The third kappa shape index (κ3) is 3.17. The number of aromatic nitrogens is 2. The number of carbonyl (C=O) groups is 1. The van der Waals surface area contributed by atoms with Crippen LogP contribution in [0.4, 0.5) is 0 Å². The minimum Gasteiger partial charge on any atom is -0.465 e. The van der Waals surface area contributed by atoms with E-state index < -0.39 is 0 Å². The zero-order valence-electron chi connectivity index (χ0n) is 10.3. The summed E-state index contributed by atoms with van der Waals surface area (Å²) in [6.07, 6.45) is 1.85. The van der Waals surface area contributed by atoms with Crippen LogP contribution in [0.15, 0.2) is 12.1 Å². The van der Waals surface area contributed by atoms with Crippen LogP contribution in [0.1, 0.15) is 25.5 Å². The molecule has 1 aromatic heterocycles. The van der Waals surface area contributed by atoms with Crippen LogP contribution in [-0.4, -0.2) is 40.3 Å². The molecule has 1 atom stereocenters. The minimum absolute atomic E-state index is 0.142. The zero-order chi connectivity index (χ0) is 13.0. The molecule has 2 rings (SSSR count). The van der Waals surface area contributed by atoms with Crippen molar-refractivity contribution in [3.8, 4) is 0 Å². The van der Waals surface area contributed by atoms with E-state index in [1.54, 1.807) is 6.07 Å². The van der Waals surface area contributed by atoms with Crippen molar-refractivity contribution >= 4 is 17.6 Å². The van der Waals surface area contributed by atoms with E-state index in [0.29, 0.717) is 18.3 Å². The third-order valence-electron chi connectivity index (χ3n) is 2.97. The van der Waals surface area contributed by atoms with Crippen LogP contribution in [0.3, 0.4) is 0 Å². The molecule has 1 aliphatic rings. The van der Waals surface area contributed by atoms with Gasteiger partial charge in [0.05, 0.1) is 12.3 Å². The monoisotopic (exact) mass is 269 g/mol. The van der Waals surface area contributed by atoms with E-state index in [1.165, 1.54) is 0 Å². The Hall–Kier alpha value is -1.20. The van der Waals surface area contributed by atoms with Gasteiger partial charge in [0.1, 0.15) is 6.04 Å². The molecular weight excluding hydrogens is 254 g/mol. The second kappa shape index (κ2) is 6.11. The number of hydrogen-bond acceptors (Lipinski definition) is 5. The molecule has 6 heteroatoms. The highest BCUT2D eigenvalue weighted by Crippen LogP contribution is 2.20. The molecule has 1 aliphatic heterocycles. The molecule has 0 radical (unpaired) electrons. The lowest BCUT2D eigenvalue weighted by atomic mass is 10.2. The first-order valence-electron chi connectivity index (χ1n) is 6.09. The molecule has 1 fully saturated rings. The highest BCUT2D eigenvalue weighted by Gasteiger charge is 2.31. The van der Waals surface area contributed by atoms with Gasteiger partial charge >= 0.3 is 5.97 Å². The van der Waals surface area contributed by atoms with Crippen molar-refractivity contribution in [1.82, 2.24) is 15.1 Å². The van der Waals surface area contributed by atoms with E-state index in [1.807, 2.05) is 13.0 Å². The van der Waals surface area contributed by atoms with Gasteiger partial charge in [0.25, 0.3) is 0 Å². The fourth-order valence-electron chi connectivity index (χ4n) is 2.16. The number of likely N-dealkylation sites (tertiary alicyclic amines) is 1. The molecule has 0 bridgehead atoms. The molecule has 0 saturated carbocycles. The normalized spacial score (nSPS) is 20.0. The van der Waals surface area contributed by atoms with Crippen molar-refractivity contribution in [1.29, 1.82) is 0 Å². The van der Waals surface area contributed by atoms with Crippen molar-refractivity contribution in [2.24, 2.45) is 0 Å². The summed E-state index contributed by atoms with van der Waals surface area (Å²) in [5.74, 6) is -0.142. The number of ether oxygens (including phenoxy) is 1. The Morgan fingerprint density at radius 3 is 3.06 bits per heavy atom. The highest BCUT2D eigenvalue weighted by atomic mass is 35.5. The first kappa shape index (κ1) is 13.2. The predicted octanol–water partition coefficient (Wildman–Crippen LogP) is 1.66. The Bertz CT molecular complexity index is 410. The van der Waals surface area contributed by atoms with Crippen LogP contribution in [0.5, 0.6) is 0 Å². The second-order valence-electron chi connectivity index (χ2n) is 4.23. The molecule has 0 N–H and O–H groups in total. The Balaban J connectivity index is 1.99. The van der Waals surface area contributed by atoms with E-state index >= 15 is 0 Å². The minimum atomic E-state index is -0.151. The molecule has 5 nitrogen and oxygen atoms in total. The average Bonchev–Trinajstić information content (AvgIpc) is 2.81. The predicted molar refractivity (Wildman–Crippen MR) is 67.1 cm³/mol. The number of halogens is 1. The number of nitrogens with zero attached hydrogens (tertiary/aromatic N) is 3. The van der Waals surface area contributed by atoms with Crippen LogP contribution in [0, 0.1) is 0 Å². The maximum absolute atomic E-state index is 11.8. The van der Waals surface area contributed by atoms with Crippen LogP contribution in [0.25, 0.3) is 0 Å². The largest absolute Gasteiger partial charge is 0.465 e. The Labute approximate surface area is 111 Å². The third-order valence-corrected chi connectivity index (χ3v) is 3.18. The molecule has 0 aliphatic carbocycles. The quantitative estimate of drug-likeness (QED) is 0.778. The lowest BCUT2D eigenvalue weighted by molar-refractivity contribution is -0.148. The summed E-state index contributed by atoms with van der Waals surface area (Å²) >= 11 is 5.69. The lowest BCUT2D eigenvalue weighted by Crippen LogP contribution is -2.37. The van der Waals surface area contributed by atoms with Crippen LogP contribution < -0.4 is 0 Å². The smallest absolute Gasteiger partial charge is 0.323 e. The van der Waals surface area contributed by atoms with Crippen molar-refractivity contribution in [2.45, 2.75) is 32.4 Å². The first-order chi connectivity index (χ1) is 8.70. The molecule has 1 unspecified atom stereocenters. The summed E-state index contributed by atoms with van der Waals surface area (Å²) in [4.78, 5) is 13.9. The van der Waals surface area contributed by atoms with Gasteiger partial charge in [-0.3, -0.25) is 9.69 Å². The Morgan fingerprint density at radius 2 is 2.39 bits per heavy atom. The van der Waals surface area contributed by atoms with E-state index in [9.17, 15) is 4.79 Å². The van der Waals surface area contributed by atoms with Gasteiger partial charge < -0.3 is 4.74 Å². The summed E-state index contributed by atoms with van der Waals surface area (Å²) in [6, 6.07) is 3.39. The molecule has 1 aromatic rings. The summed E-state index contributed by atoms with van der Waals surface area (Å²) in [5.41, 5.74) is 0.815. The average molecular weight is 270 g/mol. The fourth-order valence-corrected chi connectivity index (χ4v) is 2.26. The van der Waals surface area contributed by atoms with Crippen molar-refractivity contribution in [2.75, 3.05) is 13.2 Å². The molecule has 98 valence electrons. The fraction of sp³-hybridized carbons (Fsp3) is 0.583. The van der Waals surface area contributed by atoms with Crippen LogP contribution >= 0.6 is 11.6 Å². The van der Waals surface area contributed by atoms with Gasteiger partial charge in [0, 0.05) is 6.54 Å². The van der Waals surface area contributed by atoms with Gasteiger partial charge in [-0.1, -0.05) is 11.6 Å². The van der Waals surface area contributed by atoms with Crippen LogP contribution in [0.2, 0.25) is 5.15 Å². The van der Waals surface area contributed by atoms with Gasteiger partial charge in [0.15, 0.2) is 5.15 Å². The first-order valence-corrected chi connectivity index (χ1v) is 6.47. The maximum Gasteiger partial charge on any atom is 0.323 e. The van der Waals surface area contributed by atoms with Crippen LogP contribution in [-0.2, 0) is 16.1 Å². The summed E-state index contributed by atoms with van der Waals surface area (Å²) in [7, 11) is 0. The molecular formula is C12H16ClN3O2. The standard InChI is InChI=1S/C12H16ClN3O2/c1-2-18-12(17)10-4-3-7-16(10)8-9-5-6-11(13)15-14-9/h5-6,10H,2-4,7-8H2,1H3. The summed E-state index contributed by atoms with van der Waals surface area (Å²) in [5, 5.41) is 8.18. The molecule has 18 heavy (non-hydrogen) atoms. The van der Waals surface area contributed by atoms with E-state index in [0.717, 1.165) is 25.1 Å². The molecule has 2 heterocycles. The SMILES string of the molecule is CCOC(=O)C1CCCN1Cc1ccc(Cl)nn1.